The average Bonchev–Trinajstić information content (AvgIpc) is 2.65. The molecule has 6 heteroatoms. The second kappa shape index (κ2) is 5.02. The van der Waals surface area contributed by atoms with E-state index in [1.807, 2.05) is 6.92 Å². The zero-order valence-corrected chi connectivity index (χ0v) is 10.7. The fourth-order valence-corrected chi connectivity index (χ4v) is 2.05. The van der Waals surface area contributed by atoms with E-state index in [0.29, 0.717) is 16.9 Å². The van der Waals surface area contributed by atoms with E-state index in [2.05, 4.69) is 16.4 Å². The van der Waals surface area contributed by atoms with E-state index in [9.17, 15) is 4.79 Å². The number of benzene rings is 1. The van der Waals surface area contributed by atoms with Crippen molar-refractivity contribution < 1.29 is 4.79 Å². The quantitative estimate of drug-likeness (QED) is 0.825. The molecule has 1 heterocycles. The van der Waals surface area contributed by atoms with Crippen molar-refractivity contribution in [2.75, 3.05) is 6.54 Å². The van der Waals surface area contributed by atoms with Crippen molar-refractivity contribution >= 4 is 29.2 Å². The van der Waals surface area contributed by atoms with Gasteiger partial charge < -0.3 is 14.9 Å². The first-order valence-electron chi connectivity index (χ1n) is 5.55. The van der Waals surface area contributed by atoms with Crippen LogP contribution in [0, 0.1) is 16.1 Å². The third-order valence-corrected chi connectivity index (χ3v) is 2.90. The number of likely N-dealkylation sites (N-methyl/N-ethyl adjacent to an activating group) is 1. The van der Waals surface area contributed by atoms with Crippen molar-refractivity contribution in [2.45, 2.75) is 13.5 Å². The Kier molecular flexibility index (Phi) is 3.44. The van der Waals surface area contributed by atoms with Gasteiger partial charge in [0, 0.05) is 6.54 Å². The molecule has 5 nitrogen and oxygen atoms in total. The first-order valence-corrected chi connectivity index (χ1v) is 5.96. The highest BCUT2D eigenvalue weighted by Crippen LogP contribution is 2.15. The lowest BCUT2D eigenvalue weighted by Crippen LogP contribution is -2.27. The Morgan fingerprint density at radius 1 is 1.61 bits per heavy atom. The minimum absolute atomic E-state index is 0.100. The molecule has 1 amide bonds. The van der Waals surface area contributed by atoms with Gasteiger partial charge in [-0.3, -0.25) is 4.79 Å². The van der Waals surface area contributed by atoms with E-state index in [-0.39, 0.29) is 12.5 Å². The van der Waals surface area contributed by atoms with Crippen LogP contribution in [0.25, 0.3) is 11.0 Å². The predicted octanol–water partition coefficient (Wildman–Crippen LogP) is 1.71. The van der Waals surface area contributed by atoms with Crippen molar-refractivity contribution in [3.05, 3.63) is 28.5 Å². The van der Waals surface area contributed by atoms with Crippen molar-refractivity contribution in [3.8, 4) is 6.07 Å². The number of amides is 1. The molecule has 1 aromatic heterocycles. The summed E-state index contributed by atoms with van der Waals surface area (Å²) in [5, 5.41) is 11.6. The van der Waals surface area contributed by atoms with Gasteiger partial charge in [-0.25, -0.2) is 0 Å². The molecule has 0 saturated heterocycles. The minimum Gasteiger partial charge on any atom is -0.355 e. The zero-order valence-electron chi connectivity index (χ0n) is 9.86. The van der Waals surface area contributed by atoms with Crippen molar-refractivity contribution in [1.82, 2.24) is 14.9 Å². The van der Waals surface area contributed by atoms with Gasteiger partial charge in [-0.1, -0.05) is 0 Å². The number of nitriles is 1. The van der Waals surface area contributed by atoms with Crippen LogP contribution in [0.1, 0.15) is 12.5 Å². The van der Waals surface area contributed by atoms with Crippen LogP contribution < -0.4 is 5.32 Å². The Labute approximate surface area is 109 Å². The summed E-state index contributed by atoms with van der Waals surface area (Å²) in [6.07, 6.45) is 0. The number of nitrogens with zero attached hydrogens (tertiary/aromatic N) is 2. The van der Waals surface area contributed by atoms with E-state index >= 15 is 0 Å². The number of nitrogens with one attached hydrogen (secondary N) is 2. The van der Waals surface area contributed by atoms with Crippen LogP contribution in [0.3, 0.4) is 0 Å². The molecule has 2 aromatic rings. The number of fused-ring (bicyclic) bond motifs is 1. The Hall–Kier alpha value is -2.13. The molecule has 0 fully saturated rings. The van der Waals surface area contributed by atoms with Gasteiger partial charge >= 0.3 is 0 Å². The number of hydrogen-bond donors (Lipinski definition) is 2. The van der Waals surface area contributed by atoms with Gasteiger partial charge in [0.15, 0.2) is 4.77 Å². The SMILES string of the molecule is CCNC(=O)Cn1c(=S)[nH]c2ccc(C#N)cc21. The van der Waals surface area contributed by atoms with E-state index in [4.69, 9.17) is 17.5 Å². The van der Waals surface area contributed by atoms with Crippen LogP contribution >= 0.6 is 12.2 Å². The molecular weight excluding hydrogens is 248 g/mol. The molecule has 0 unspecified atom stereocenters. The van der Waals surface area contributed by atoms with E-state index < -0.39 is 0 Å². The zero-order chi connectivity index (χ0) is 13.1. The van der Waals surface area contributed by atoms with Gasteiger partial charge in [-0.15, -0.1) is 0 Å². The summed E-state index contributed by atoms with van der Waals surface area (Å²) in [4.78, 5) is 14.6. The molecule has 0 aliphatic heterocycles. The second-order valence-corrected chi connectivity index (χ2v) is 4.20. The third kappa shape index (κ3) is 2.26. The summed E-state index contributed by atoms with van der Waals surface area (Å²) in [5.74, 6) is -0.100. The van der Waals surface area contributed by atoms with Crippen LogP contribution in [0.15, 0.2) is 18.2 Å². The highest BCUT2D eigenvalue weighted by Gasteiger charge is 2.08. The predicted molar refractivity (Wildman–Crippen MR) is 70.5 cm³/mol. The first-order chi connectivity index (χ1) is 8.65. The van der Waals surface area contributed by atoms with E-state index in [1.54, 1.807) is 22.8 Å². The number of imidazole rings is 1. The lowest BCUT2D eigenvalue weighted by atomic mass is 10.2. The van der Waals surface area contributed by atoms with Gasteiger partial charge in [0.05, 0.1) is 22.7 Å². The summed E-state index contributed by atoms with van der Waals surface area (Å²) in [5.41, 5.74) is 2.13. The van der Waals surface area contributed by atoms with Crippen molar-refractivity contribution in [1.29, 1.82) is 5.26 Å². The standard InChI is InChI=1S/C12H12N4OS/c1-2-14-11(17)7-16-10-5-8(6-13)3-4-9(10)15-12(16)18/h3-5H,2,7H2,1H3,(H,14,17)(H,15,18). The summed E-state index contributed by atoms with van der Waals surface area (Å²) in [6, 6.07) is 7.30. The third-order valence-electron chi connectivity index (χ3n) is 2.58. The van der Waals surface area contributed by atoms with Gasteiger partial charge in [0.25, 0.3) is 0 Å². The summed E-state index contributed by atoms with van der Waals surface area (Å²) in [7, 11) is 0. The molecule has 0 radical (unpaired) electrons. The Balaban J connectivity index is 2.49. The first kappa shape index (κ1) is 12.3. The molecule has 2 N–H and O–H groups in total. The number of carbonyl (C=O) groups excluding carboxylic acids is 1. The van der Waals surface area contributed by atoms with Gasteiger partial charge in [-0.2, -0.15) is 5.26 Å². The van der Waals surface area contributed by atoms with E-state index in [0.717, 1.165) is 11.0 Å². The number of rotatable bonds is 3. The van der Waals surface area contributed by atoms with Crippen LogP contribution in [0.4, 0.5) is 0 Å². The maximum atomic E-state index is 11.6. The van der Waals surface area contributed by atoms with Crippen LogP contribution in [0.2, 0.25) is 0 Å². The monoisotopic (exact) mass is 260 g/mol. The molecule has 2 rings (SSSR count). The molecule has 0 aliphatic carbocycles. The number of carbonyl (C=O) groups is 1. The molecule has 0 spiro atoms. The molecule has 0 saturated carbocycles. The minimum atomic E-state index is -0.100. The largest absolute Gasteiger partial charge is 0.355 e. The van der Waals surface area contributed by atoms with Crippen LogP contribution in [-0.2, 0) is 11.3 Å². The van der Waals surface area contributed by atoms with Gasteiger partial charge in [-0.05, 0) is 37.3 Å². The van der Waals surface area contributed by atoms with Gasteiger partial charge in [0.2, 0.25) is 5.91 Å². The van der Waals surface area contributed by atoms with E-state index in [1.165, 1.54) is 0 Å². The maximum absolute atomic E-state index is 11.6. The normalized spacial score (nSPS) is 10.2. The molecule has 1 aromatic carbocycles. The Bertz CT molecular complexity index is 692. The average molecular weight is 260 g/mol. The molecule has 92 valence electrons. The topological polar surface area (TPSA) is 73.6 Å². The lowest BCUT2D eigenvalue weighted by molar-refractivity contribution is -0.121. The van der Waals surface area contributed by atoms with Crippen LogP contribution in [-0.4, -0.2) is 22.0 Å². The second-order valence-electron chi connectivity index (χ2n) is 3.81. The maximum Gasteiger partial charge on any atom is 0.240 e. The molecule has 18 heavy (non-hydrogen) atoms. The lowest BCUT2D eigenvalue weighted by Gasteiger charge is -2.04. The highest BCUT2D eigenvalue weighted by molar-refractivity contribution is 7.71. The molecule has 0 aliphatic rings. The summed E-state index contributed by atoms with van der Waals surface area (Å²) >= 11 is 5.18. The van der Waals surface area contributed by atoms with Crippen molar-refractivity contribution in [3.63, 3.8) is 0 Å². The summed E-state index contributed by atoms with van der Waals surface area (Å²) in [6.45, 7) is 2.60. The number of aromatic amines is 1. The van der Waals surface area contributed by atoms with Crippen LogP contribution in [0.5, 0.6) is 0 Å². The Morgan fingerprint density at radius 2 is 2.39 bits per heavy atom. The van der Waals surface area contributed by atoms with Gasteiger partial charge in [0.1, 0.15) is 6.54 Å². The fourth-order valence-electron chi connectivity index (χ4n) is 1.78. The molecular formula is C12H12N4OS. The number of H-pyrrole nitrogens is 1. The highest BCUT2D eigenvalue weighted by atomic mass is 32.1. The smallest absolute Gasteiger partial charge is 0.240 e. The number of aromatic nitrogens is 2. The number of hydrogen-bond acceptors (Lipinski definition) is 3. The fraction of sp³-hybridized carbons (Fsp3) is 0.250. The van der Waals surface area contributed by atoms with Crippen molar-refractivity contribution in [2.24, 2.45) is 0 Å². The molecule has 0 atom stereocenters. The summed E-state index contributed by atoms with van der Waals surface area (Å²) < 4.78 is 2.17. The molecule has 0 bridgehead atoms. The Morgan fingerprint density at radius 3 is 3.06 bits per heavy atom.